The fourth-order valence-electron chi connectivity index (χ4n) is 3.43. The molecule has 1 amide bonds. The van der Waals surface area contributed by atoms with Crippen molar-refractivity contribution in [1.29, 1.82) is 0 Å². The fourth-order valence-corrected chi connectivity index (χ4v) is 3.43. The molecule has 2 unspecified atom stereocenters. The minimum Gasteiger partial charge on any atom is -0.481 e. The first-order valence-corrected chi connectivity index (χ1v) is 7.10. The summed E-state index contributed by atoms with van der Waals surface area (Å²) in [5, 5.41) is 18.3. The Bertz CT molecular complexity index is 427. The number of hydrogen-bond acceptors (Lipinski definition) is 3. The molecule has 1 heterocycles. The van der Waals surface area contributed by atoms with Gasteiger partial charge in [0.15, 0.2) is 0 Å². The van der Waals surface area contributed by atoms with Crippen LogP contribution in [0.3, 0.4) is 0 Å². The summed E-state index contributed by atoms with van der Waals surface area (Å²) in [6, 6.07) is 0. The molecule has 2 rings (SSSR count). The number of nitrogens with zero attached hydrogens (tertiary/aromatic N) is 1. The number of aliphatic carboxylic acids is 2. The normalized spacial score (nSPS) is 29.1. The molecule has 2 aliphatic rings. The second-order valence-electron chi connectivity index (χ2n) is 6.20. The van der Waals surface area contributed by atoms with Gasteiger partial charge < -0.3 is 15.1 Å². The second-order valence-corrected chi connectivity index (χ2v) is 6.20. The van der Waals surface area contributed by atoms with E-state index in [0.717, 1.165) is 25.7 Å². The van der Waals surface area contributed by atoms with Gasteiger partial charge in [-0.1, -0.05) is 19.8 Å². The smallest absolute Gasteiger partial charge is 0.309 e. The lowest BCUT2D eigenvalue weighted by molar-refractivity contribution is -0.161. The molecular formula is C14H21NO5. The van der Waals surface area contributed by atoms with Crippen molar-refractivity contribution in [2.24, 2.45) is 17.3 Å². The van der Waals surface area contributed by atoms with Crippen LogP contribution in [0.1, 0.15) is 39.0 Å². The zero-order valence-electron chi connectivity index (χ0n) is 11.7. The molecule has 2 atom stereocenters. The first-order chi connectivity index (χ1) is 9.35. The monoisotopic (exact) mass is 283 g/mol. The van der Waals surface area contributed by atoms with Crippen molar-refractivity contribution in [2.45, 2.75) is 39.0 Å². The van der Waals surface area contributed by atoms with Crippen molar-refractivity contribution in [2.75, 3.05) is 13.1 Å². The van der Waals surface area contributed by atoms with Crippen LogP contribution in [0.4, 0.5) is 0 Å². The molecule has 6 nitrogen and oxygen atoms in total. The Hall–Kier alpha value is -1.59. The van der Waals surface area contributed by atoms with Gasteiger partial charge in [-0.2, -0.15) is 0 Å². The van der Waals surface area contributed by atoms with Crippen LogP contribution < -0.4 is 0 Å². The molecule has 1 aliphatic heterocycles. The predicted octanol–water partition coefficient (Wildman–Crippen LogP) is 1.20. The lowest BCUT2D eigenvalue weighted by Crippen LogP contribution is -2.51. The third-order valence-corrected chi connectivity index (χ3v) is 4.76. The number of carbonyl (C=O) groups is 3. The molecule has 0 spiro atoms. The largest absolute Gasteiger partial charge is 0.481 e. The Morgan fingerprint density at radius 2 is 1.60 bits per heavy atom. The van der Waals surface area contributed by atoms with Crippen LogP contribution in [0.25, 0.3) is 0 Å². The number of hydrogen-bond donors (Lipinski definition) is 2. The quantitative estimate of drug-likeness (QED) is 0.811. The topological polar surface area (TPSA) is 94.9 Å². The minimum absolute atomic E-state index is 0.00918. The van der Waals surface area contributed by atoms with Crippen LogP contribution in [-0.4, -0.2) is 46.0 Å². The van der Waals surface area contributed by atoms with Gasteiger partial charge in [0.05, 0.1) is 11.8 Å². The summed E-state index contributed by atoms with van der Waals surface area (Å²) in [4.78, 5) is 36.4. The molecule has 6 heteroatoms. The Labute approximate surface area is 117 Å². The average Bonchev–Trinajstić information content (AvgIpc) is 2.85. The molecule has 2 N–H and O–H groups in total. The van der Waals surface area contributed by atoms with Crippen molar-refractivity contribution < 1.29 is 24.6 Å². The Balaban J connectivity index is 2.10. The third kappa shape index (κ3) is 2.64. The Kier molecular flexibility index (Phi) is 4.01. The minimum atomic E-state index is -1.13. The Morgan fingerprint density at radius 1 is 1.05 bits per heavy atom. The zero-order valence-corrected chi connectivity index (χ0v) is 11.7. The molecule has 0 radical (unpaired) electrons. The van der Waals surface area contributed by atoms with Crippen LogP contribution in [0, 0.1) is 17.3 Å². The molecule has 1 saturated heterocycles. The van der Waals surface area contributed by atoms with E-state index in [1.165, 1.54) is 0 Å². The Morgan fingerprint density at radius 3 is 2.10 bits per heavy atom. The average molecular weight is 283 g/mol. The number of likely N-dealkylation sites (tertiary alicyclic amines) is 1. The van der Waals surface area contributed by atoms with Gasteiger partial charge in [-0.25, -0.2) is 0 Å². The van der Waals surface area contributed by atoms with Crippen LogP contribution >= 0.6 is 0 Å². The van der Waals surface area contributed by atoms with E-state index in [4.69, 9.17) is 5.11 Å². The molecule has 1 aliphatic carbocycles. The third-order valence-electron chi connectivity index (χ3n) is 4.76. The van der Waals surface area contributed by atoms with Gasteiger partial charge in [0.2, 0.25) is 5.91 Å². The van der Waals surface area contributed by atoms with Gasteiger partial charge in [-0.3, -0.25) is 14.4 Å². The van der Waals surface area contributed by atoms with Crippen molar-refractivity contribution >= 4 is 17.8 Å². The molecule has 0 aromatic heterocycles. The van der Waals surface area contributed by atoms with E-state index >= 15 is 0 Å². The van der Waals surface area contributed by atoms with Crippen molar-refractivity contribution in [3.05, 3.63) is 0 Å². The lowest BCUT2D eigenvalue weighted by atomic mass is 9.82. The van der Waals surface area contributed by atoms with Crippen LogP contribution in [-0.2, 0) is 14.4 Å². The van der Waals surface area contributed by atoms with Crippen LogP contribution in [0.2, 0.25) is 0 Å². The number of carboxylic acids is 2. The van der Waals surface area contributed by atoms with Gasteiger partial charge in [0, 0.05) is 18.5 Å². The summed E-state index contributed by atoms with van der Waals surface area (Å²) in [6.45, 7) is 2.29. The number of carboxylic acid groups (broad SMARTS) is 2. The highest BCUT2D eigenvalue weighted by atomic mass is 16.4. The first kappa shape index (κ1) is 14.8. The maximum Gasteiger partial charge on any atom is 0.309 e. The van der Waals surface area contributed by atoms with E-state index in [1.54, 1.807) is 4.90 Å². The van der Waals surface area contributed by atoms with Gasteiger partial charge in [-0.05, 0) is 19.3 Å². The highest BCUT2D eigenvalue weighted by Crippen LogP contribution is 2.40. The molecule has 1 saturated carbocycles. The number of piperidine rings is 1. The maximum absolute atomic E-state index is 12.6. The highest BCUT2D eigenvalue weighted by Gasteiger charge is 2.45. The summed E-state index contributed by atoms with van der Waals surface area (Å²) in [5.41, 5.74) is -0.390. The summed E-state index contributed by atoms with van der Waals surface area (Å²) < 4.78 is 0. The standard InChI is InChI=1S/C14H21NO5/c1-14(5-2-3-6-14)13(20)15-7-4-9(11(16)17)10(8-15)12(18)19/h9-10H,2-8H2,1H3,(H,16,17)(H,18,19). The van der Waals surface area contributed by atoms with Gasteiger partial charge in [0.1, 0.15) is 0 Å². The van der Waals surface area contributed by atoms with E-state index in [1.807, 2.05) is 6.92 Å². The van der Waals surface area contributed by atoms with Crippen LogP contribution in [0.15, 0.2) is 0 Å². The molecule has 2 fully saturated rings. The predicted molar refractivity (Wildman–Crippen MR) is 70.0 cm³/mol. The lowest BCUT2D eigenvalue weighted by Gasteiger charge is -2.38. The zero-order chi connectivity index (χ0) is 14.9. The molecule has 0 bridgehead atoms. The molecule has 20 heavy (non-hydrogen) atoms. The van der Waals surface area contributed by atoms with Gasteiger partial charge >= 0.3 is 11.9 Å². The van der Waals surface area contributed by atoms with Crippen molar-refractivity contribution in [3.8, 4) is 0 Å². The van der Waals surface area contributed by atoms with Crippen LogP contribution in [0.5, 0.6) is 0 Å². The highest BCUT2D eigenvalue weighted by molar-refractivity contribution is 5.85. The SMILES string of the molecule is CC1(C(=O)N2CCC(C(=O)O)C(C(=O)O)C2)CCCC1. The van der Waals surface area contributed by atoms with E-state index in [-0.39, 0.29) is 24.3 Å². The van der Waals surface area contributed by atoms with Crippen molar-refractivity contribution in [3.63, 3.8) is 0 Å². The van der Waals surface area contributed by atoms with Gasteiger partial charge in [-0.15, -0.1) is 0 Å². The maximum atomic E-state index is 12.6. The first-order valence-electron chi connectivity index (χ1n) is 7.10. The van der Waals surface area contributed by atoms with E-state index < -0.39 is 23.8 Å². The molecule has 0 aromatic carbocycles. The molecular weight excluding hydrogens is 262 g/mol. The molecule has 112 valence electrons. The summed E-state index contributed by atoms with van der Waals surface area (Å²) >= 11 is 0. The summed E-state index contributed by atoms with van der Waals surface area (Å²) in [5.74, 6) is -4.13. The fraction of sp³-hybridized carbons (Fsp3) is 0.786. The van der Waals surface area contributed by atoms with Crippen molar-refractivity contribution in [1.82, 2.24) is 4.90 Å². The van der Waals surface area contributed by atoms with E-state index in [0.29, 0.717) is 6.54 Å². The number of amides is 1. The summed E-state index contributed by atoms with van der Waals surface area (Å²) in [6.07, 6.45) is 3.94. The molecule has 0 aromatic rings. The van der Waals surface area contributed by atoms with Gasteiger partial charge in [0.25, 0.3) is 0 Å². The number of rotatable bonds is 3. The van der Waals surface area contributed by atoms with E-state index in [9.17, 15) is 19.5 Å². The van der Waals surface area contributed by atoms with E-state index in [2.05, 4.69) is 0 Å². The summed E-state index contributed by atoms with van der Waals surface area (Å²) in [7, 11) is 0. The number of carbonyl (C=O) groups excluding carboxylic acids is 1. The second kappa shape index (κ2) is 5.42.